The molecule has 92 valence electrons. The Labute approximate surface area is 96.8 Å². The fourth-order valence-electron chi connectivity index (χ4n) is 1.07. The molecule has 3 N–H and O–H groups in total. The number of carbonyl (C=O) groups is 2. The zero-order chi connectivity index (χ0) is 13.2. The molecule has 0 heterocycles. The monoisotopic (exact) mass is 259 g/mol. The van der Waals surface area contributed by atoms with E-state index in [0.717, 1.165) is 12.1 Å². The van der Waals surface area contributed by atoms with Crippen molar-refractivity contribution in [3.05, 3.63) is 23.8 Å². The molecule has 8 heteroatoms. The van der Waals surface area contributed by atoms with Gasteiger partial charge < -0.3 is 10.4 Å². The molecule has 0 unspecified atom stereocenters. The molecular weight excluding hydrogens is 250 g/mol. The van der Waals surface area contributed by atoms with Crippen LogP contribution in [0.25, 0.3) is 0 Å². The summed E-state index contributed by atoms with van der Waals surface area (Å²) < 4.78 is 30.5. The zero-order valence-corrected chi connectivity index (χ0v) is 9.48. The first-order valence-corrected chi connectivity index (χ1v) is 5.78. The van der Waals surface area contributed by atoms with Crippen molar-refractivity contribution >= 4 is 27.7 Å². The number of benzene rings is 1. The fourth-order valence-corrected chi connectivity index (χ4v) is 1.58. The van der Waals surface area contributed by atoms with E-state index in [1.807, 2.05) is 5.32 Å². The number of carbonyl (C=O) groups excluding carboxylic acids is 1. The molecule has 0 bridgehead atoms. The van der Waals surface area contributed by atoms with Crippen LogP contribution in [0.3, 0.4) is 0 Å². The first-order chi connectivity index (χ1) is 7.71. The average Bonchev–Trinajstić information content (AvgIpc) is 2.19. The highest BCUT2D eigenvalue weighted by atomic mass is 32.2. The minimum absolute atomic E-state index is 0.00697. The lowest BCUT2D eigenvalue weighted by Crippen LogP contribution is -2.22. The molecule has 1 aromatic carbocycles. The number of nitrogens with one attached hydrogen (secondary N) is 1. The van der Waals surface area contributed by atoms with Gasteiger partial charge in [-0.05, 0) is 24.6 Å². The van der Waals surface area contributed by atoms with Crippen LogP contribution >= 0.6 is 0 Å². The lowest BCUT2D eigenvalue weighted by molar-refractivity contribution is -0.147. The summed E-state index contributed by atoms with van der Waals surface area (Å²) in [6.45, 7) is 1.55. The van der Waals surface area contributed by atoms with E-state index in [9.17, 15) is 18.0 Å². The largest absolute Gasteiger partial charge is 0.474 e. The van der Waals surface area contributed by atoms with Crippen LogP contribution in [0.1, 0.15) is 5.56 Å². The first-order valence-electron chi connectivity index (χ1n) is 4.34. The molecule has 0 spiro atoms. The molecule has 0 aliphatic carbocycles. The summed E-state index contributed by atoms with van der Waals surface area (Å²) in [4.78, 5) is 20.8. The molecule has 1 amide bonds. The fraction of sp³-hybridized carbons (Fsp3) is 0.111. The number of hydrogen-bond donors (Lipinski definition) is 3. The van der Waals surface area contributed by atoms with Gasteiger partial charge in [0.25, 0.3) is 10.1 Å². The van der Waals surface area contributed by atoms with E-state index in [1.165, 1.54) is 6.07 Å². The summed E-state index contributed by atoms with van der Waals surface area (Å²) in [5.41, 5.74) is 0.472. The minimum Gasteiger partial charge on any atom is -0.474 e. The maximum absolute atomic E-state index is 10.9. The Bertz CT molecular complexity index is 577. The van der Waals surface area contributed by atoms with Gasteiger partial charge in [-0.15, -0.1) is 0 Å². The number of carboxylic acids is 1. The standard InChI is InChI=1S/C9H9NO6S/c1-5-2-3-6(17(14,15)16)4-7(5)10-8(11)9(12)13/h2-4H,1H3,(H,10,11)(H,12,13)(H,14,15,16). The van der Waals surface area contributed by atoms with Crippen LogP contribution < -0.4 is 5.32 Å². The second kappa shape index (κ2) is 4.52. The summed E-state index contributed by atoms with van der Waals surface area (Å²) in [7, 11) is -4.40. The van der Waals surface area contributed by atoms with Crippen LogP contribution in [-0.4, -0.2) is 30.0 Å². The number of aryl methyl sites for hydroxylation is 1. The van der Waals surface area contributed by atoms with Gasteiger partial charge in [0.1, 0.15) is 0 Å². The van der Waals surface area contributed by atoms with E-state index in [0.29, 0.717) is 5.56 Å². The molecule has 0 atom stereocenters. The van der Waals surface area contributed by atoms with Crippen molar-refractivity contribution in [3.63, 3.8) is 0 Å². The molecule has 0 aliphatic heterocycles. The first kappa shape index (κ1) is 13.1. The average molecular weight is 259 g/mol. The third-order valence-corrected chi connectivity index (χ3v) is 2.80. The van der Waals surface area contributed by atoms with Crippen LogP contribution in [0.4, 0.5) is 5.69 Å². The number of aliphatic carboxylic acids is 1. The minimum atomic E-state index is -4.40. The molecule has 0 fully saturated rings. The Morgan fingerprint density at radius 2 is 1.88 bits per heavy atom. The smallest absolute Gasteiger partial charge is 0.394 e. The van der Waals surface area contributed by atoms with Crippen molar-refractivity contribution in [2.24, 2.45) is 0 Å². The highest BCUT2D eigenvalue weighted by Gasteiger charge is 2.15. The van der Waals surface area contributed by atoms with E-state index in [1.54, 1.807) is 6.92 Å². The van der Waals surface area contributed by atoms with Crippen LogP contribution in [0.15, 0.2) is 23.1 Å². The second-order valence-corrected chi connectivity index (χ2v) is 4.63. The van der Waals surface area contributed by atoms with Gasteiger partial charge in [0.2, 0.25) is 0 Å². The predicted octanol–water partition coefficient (Wildman–Crippen LogP) is 0.265. The molecule has 0 saturated heterocycles. The third-order valence-electron chi connectivity index (χ3n) is 1.95. The van der Waals surface area contributed by atoms with Gasteiger partial charge in [-0.1, -0.05) is 6.07 Å². The maximum atomic E-state index is 10.9. The van der Waals surface area contributed by atoms with Crippen LogP contribution in [0, 0.1) is 6.92 Å². The molecule has 1 rings (SSSR count). The second-order valence-electron chi connectivity index (χ2n) is 3.21. The molecular formula is C9H9NO6S. The molecule has 7 nitrogen and oxygen atoms in total. The Morgan fingerprint density at radius 1 is 1.29 bits per heavy atom. The van der Waals surface area contributed by atoms with Crippen molar-refractivity contribution in [1.82, 2.24) is 0 Å². The lowest BCUT2D eigenvalue weighted by atomic mass is 10.2. The van der Waals surface area contributed by atoms with Crippen LogP contribution in [-0.2, 0) is 19.7 Å². The van der Waals surface area contributed by atoms with Gasteiger partial charge >= 0.3 is 11.9 Å². The van der Waals surface area contributed by atoms with Crippen molar-refractivity contribution in [2.45, 2.75) is 11.8 Å². The van der Waals surface area contributed by atoms with E-state index in [2.05, 4.69) is 0 Å². The molecule has 0 saturated carbocycles. The molecule has 1 aromatic rings. The number of hydrogen-bond acceptors (Lipinski definition) is 4. The molecule has 0 aliphatic rings. The summed E-state index contributed by atoms with van der Waals surface area (Å²) in [6.07, 6.45) is 0. The molecule has 0 aromatic heterocycles. The summed E-state index contributed by atoms with van der Waals surface area (Å²) in [5, 5.41) is 10.4. The van der Waals surface area contributed by atoms with E-state index < -0.39 is 26.9 Å². The molecule has 17 heavy (non-hydrogen) atoms. The summed E-state index contributed by atoms with van der Waals surface area (Å²) in [6, 6.07) is 3.45. The third kappa shape index (κ3) is 3.26. The van der Waals surface area contributed by atoms with Gasteiger partial charge in [-0.2, -0.15) is 8.42 Å². The summed E-state index contributed by atoms with van der Waals surface area (Å²) >= 11 is 0. The highest BCUT2D eigenvalue weighted by molar-refractivity contribution is 7.85. The zero-order valence-electron chi connectivity index (χ0n) is 8.67. The van der Waals surface area contributed by atoms with Crippen LogP contribution in [0.2, 0.25) is 0 Å². The van der Waals surface area contributed by atoms with Gasteiger partial charge in [0.15, 0.2) is 0 Å². The van der Waals surface area contributed by atoms with Gasteiger partial charge in [-0.3, -0.25) is 9.35 Å². The quantitative estimate of drug-likeness (QED) is 0.517. The van der Waals surface area contributed by atoms with Gasteiger partial charge in [0, 0.05) is 5.69 Å². The number of anilines is 1. The Morgan fingerprint density at radius 3 is 2.35 bits per heavy atom. The van der Waals surface area contributed by atoms with E-state index in [4.69, 9.17) is 9.66 Å². The number of amides is 1. The van der Waals surface area contributed by atoms with Gasteiger partial charge in [-0.25, -0.2) is 4.79 Å². The Hall–Kier alpha value is -1.93. The maximum Gasteiger partial charge on any atom is 0.394 e. The predicted molar refractivity (Wildman–Crippen MR) is 57.3 cm³/mol. The van der Waals surface area contributed by atoms with E-state index >= 15 is 0 Å². The highest BCUT2D eigenvalue weighted by Crippen LogP contribution is 2.19. The van der Waals surface area contributed by atoms with Gasteiger partial charge in [0.05, 0.1) is 4.90 Å². The molecule has 0 radical (unpaired) electrons. The van der Waals surface area contributed by atoms with Crippen LogP contribution in [0.5, 0.6) is 0 Å². The lowest BCUT2D eigenvalue weighted by Gasteiger charge is -2.07. The normalized spacial score (nSPS) is 10.9. The Kier molecular flexibility index (Phi) is 3.49. The van der Waals surface area contributed by atoms with E-state index in [-0.39, 0.29) is 5.69 Å². The Balaban J connectivity index is 3.16. The number of carboxylic acid groups (broad SMARTS) is 1. The summed E-state index contributed by atoms with van der Waals surface area (Å²) in [5.74, 6) is -2.98. The van der Waals surface area contributed by atoms with Crippen molar-refractivity contribution in [3.8, 4) is 0 Å². The topological polar surface area (TPSA) is 121 Å². The van der Waals surface area contributed by atoms with Crippen molar-refractivity contribution in [2.75, 3.05) is 5.32 Å². The van der Waals surface area contributed by atoms with Crippen molar-refractivity contribution < 1.29 is 27.7 Å². The number of rotatable bonds is 2. The SMILES string of the molecule is Cc1ccc(S(=O)(=O)O)cc1NC(=O)C(=O)O. The van der Waals surface area contributed by atoms with Crippen molar-refractivity contribution in [1.29, 1.82) is 0 Å².